The maximum atomic E-state index is 11.8. The van der Waals surface area contributed by atoms with Gasteiger partial charge in [-0.3, -0.25) is 10.1 Å². The molecule has 1 fully saturated rings. The van der Waals surface area contributed by atoms with Crippen molar-refractivity contribution >= 4 is 5.97 Å². The molecular formula is C13H15NO4. The summed E-state index contributed by atoms with van der Waals surface area (Å²) in [5, 5.41) is 11.2. The number of carbonyl (C=O) groups excluding carboxylic acids is 1. The van der Waals surface area contributed by atoms with E-state index in [4.69, 9.17) is 4.74 Å². The average Bonchev–Trinajstić information content (AvgIpc) is 3.07. The summed E-state index contributed by atoms with van der Waals surface area (Å²) >= 11 is 0. The second-order valence-electron chi connectivity index (χ2n) is 4.57. The number of ether oxygens (including phenoxy) is 1. The molecule has 0 aliphatic heterocycles. The molecule has 1 aliphatic rings. The van der Waals surface area contributed by atoms with Crippen LogP contribution in [0.25, 0.3) is 0 Å². The number of esters is 1. The van der Waals surface area contributed by atoms with Crippen molar-refractivity contribution in [2.75, 3.05) is 6.61 Å². The molecule has 5 heteroatoms. The number of carbonyl (C=O) groups is 1. The molecule has 2 rings (SSSR count). The highest BCUT2D eigenvalue weighted by molar-refractivity contribution is 5.85. The van der Waals surface area contributed by atoms with Crippen LogP contribution < -0.4 is 0 Å². The molecule has 1 aliphatic carbocycles. The Morgan fingerprint density at radius 3 is 2.61 bits per heavy atom. The predicted molar refractivity (Wildman–Crippen MR) is 64.9 cm³/mol. The molecule has 0 spiro atoms. The quantitative estimate of drug-likeness (QED) is 0.465. The van der Waals surface area contributed by atoms with Gasteiger partial charge in [0.2, 0.25) is 0 Å². The summed E-state index contributed by atoms with van der Waals surface area (Å²) in [5.74, 6) is -1.09. The van der Waals surface area contributed by atoms with Crippen LogP contribution in [0.4, 0.5) is 0 Å². The summed E-state index contributed by atoms with van der Waals surface area (Å²) in [5.41, 5.74) is 0.346. The van der Waals surface area contributed by atoms with E-state index in [1.54, 1.807) is 6.92 Å². The standard InChI is InChI=1S/C13H15NO4/c1-3-18-12(15)13(14(16)17)8-11(13)10-6-4-9(2)5-7-10/h4-7,11H,3,8H2,1-2H3/t11-,13-/m0/s1. The van der Waals surface area contributed by atoms with Crippen LogP contribution >= 0.6 is 0 Å². The molecule has 0 bridgehead atoms. The zero-order valence-corrected chi connectivity index (χ0v) is 10.4. The number of hydrogen-bond acceptors (Lipinski definition) is 4. The van der Waals surface area contributed by atoms with Gasteiger partial charge >= 0.3 is 11.5 Å². The van der Waals surface area contributed by atoms with Crippen molar-refractivity contribution in [3.63, 3.8) is 0 Å². The average molecular weight is 249 g/mol. The molecule has 18 heavy (non-hydrogen) atoms. The van der Waals surface area contributed by atoms with Crippen molar-refractivity contribution in [3.05, 3.63) is 45.5 Å². The van der Waals surface area contributed by atoms with Crippen LogP contribution in [0.3, 0.4) is 0 Å². The van der Waals surface area contributed by atoms with Gasteiger partial charge in [-0.05, 0) is 19.4 Å². The highest BCUT2D eigenvalue weighted by Gasteiger charge is 2.73. The van der Waals surface area contributed by atoms with Crippen LogP contribution in [0.1, 0.15) is 30.4 Å². The van der Waals surface area contributed by atoms with Crippen molar-refractivity contribution in [1.29, 1.82) is 0 Å². The fraction of sp³-hybridized carbons (Fsp3) is 0.462. The van der Waals surface area contributed by atoms with Crippen molar-refractivity contribution in [2.24, 2.45) is 0 Å². The number of nitro groups is 1. The Kier molecular flexibility index (Phi) is 3.07. The topological polar surface area (TPSA) is 69.4 Å². The highest BCUT2D eigenvalue weighted by atomic mass is 16.6. The number of benzene rings is 1. The Morgan fingerprint density at radius 1 is 1.50 bits per heavy atom. The number of aryl methyl sites for hydroxylation is 1. The first-order valence-corrected chi connectivity index (χ1v) is 5.90. The Morgan fingerprint density at radius 2 is 2.11 bits per heavy atom. The van der Waals surface area contributed by atoms with E-state index in [0.29, 0.717) is 0 Å². The molecule has 0 amide bonds. The van der Waals surface area contributed by atoms with Gasteiger partial charge < -0.3 is 4.74 Å². The van der Waals surface area contributed by atoms with Crippen LogP contribution in [0.5, 0.6) is 0 Å². The van der Waals surface area contributed by atoms with Crippen molar-refractivity contribution in [2.45, 2.75) is 31.7 Å². The normalized spacial score (nSPS) is 25.6. The van der Waals surface area contributed by atoms with Gasteiger partial charge in [-0.1, -0.05) is 29.8 Å². The molecule has 1 saturated carbocycles. The molecule has 0 unspecified atom stereocenters. The maximum Gasteiger partial charge on any atom is 0.385 e. The first kappa shape index (κ1) is 12.5. The van der Waals surface area contributed by atoms with E-state index in [1.165, 1.54) is 0 Å². The minimum absolute atomic E-state index is 0.162. The minimum atomic E-state index is -1.56. The van der Waals surface area contributed by atoms with Gasteiger partial charge in [-0.2, -0.15) is 0 Å². The number of nitrogens with zero attached hydrogens (tertiary/aromatic N) is 1. The first-order chi connectivity index (χ1) is 8.52. The van der Waals surface area contributed by atoms with Crippen LogP contribution in [-0.4, -0.2) is 23.0 Å². The molecule has 2 atom stereocenters. The fourth-order valence-electron chi connectivity index (χ4n) is 2.20. The second kappa shape index (κ2) is 4.40. The van der Waals surface area contributed by atoms with Crippen LogP contribution in [0.15, 0.2) is 24.3 Å². The van der Waals surface area contributed by atoms with Crippen molar-refractivity contribution in [1.82, 2.24) is 0 Å². The van der Waals surface area contributed by atoms with Crippen LogP contribution in [-0.2, 0) is 9.53 Å². The van der Waals surface area contributed by atoms with E-state index in [0.717, 1.165) is 11.1 Å². The Balaban J connectivity index is 2.25. The van der Waals surface area contributed by atoms with Gasteiger partial charge in [0.25, 0.3) is 0 Å². The van der Waals surface area contributed by atoms with Crippen molar-refractivity contribution < 1.29 is 14.5 Å². The smallest absolute Gasteiger partial charge is 0.385 e. The summed E-state index contributed by atoms with van der Waals surface area (Å²) < 4.78 is 4.83. The number of hydrogen-bond donors (Lipinski definition) is 0. The third kappa shape index (κ3) is 1.85. The molecular weight excluding hydrogens is 234 g/mol. The third-order valence-electron chi connectivity index (χ3n) is 3.37. The van der Waals surface area contributed by atoms with E-state index in [-0.39, 0.29) is 18.9 Å². The van der Waals surface area contributed by atoms with Gasteiger partial charge in [-0.25, -0.2) is 4.79 Å². The Bertz CT molecular complexity index is 482. The summed E-state index contributed by atoms with van der Waals surface area (Å²) in [6.45, 7) is 3.76. The monoisotopic (exact) mass is 249 g/mol. The van der Waals surface area contributed by atoms with Crippen LogP contribution in [0.2, 0.25) is 0 Å². The Hall–Kier alpha value is -1.91. The molecule has 1 aromatic rings. The first-order valence-electron chi connectivity index (χ1n) is 5.90. The lowest BCUT2D eigenvalue weighted by atomic mass is 10.0. The summed E-state index contributed by atoms with van der Waals surface area (Å²) in [7, 11) is 0. The predicted octanol–water partition coefficient (Wildman–Crippen LogP) is 2.06. The van der Waals surface area contributed by atoms with Gasteiger partial charge in [0, 0.05) is 11.3 Å². The van der Waals surface area contributed by atoms with Crippen LogP contribution in [0, 0.1) is 17.0 Å². The molecule has 0 N–H and O–H groups in total. The largest absolute Gasteiger partial charge is 0.461 e. The zero-order chi connectivity index (χ0) is 13.3. The molecule has 96 valence electrons. The summed E-state index contributed by atoms with van der Waals surface area (Å²) in [6, 6.07) is 7.46. The van der Waals surface area contributed by atoms with E-state index >= 15 is 0 Å². The lowest BCUT2D eigenvalue weighted by Gasteiger charge is -2.08. The van der Waals surface area contributed by atoms with E-state index in [2.05, 4.69) is 0 Å². The van der Waals surface area contributed by atoms with Gasteiger partial charge in [-0.15, -0.1) is 0 Å². The highest BCUT2D eigenvalue weighted by Crippen LogP contribution is 2.54. The maximum absolute atomic E-state index is 11.8. The number of rotatable bonds is 4. The molecule has 1 aromatic carbocycles. The van der Waals surface area contributed by atoms with E-state index < -0.39 is 16.4 Å². The SMILES string of the molecule is CCOC(=O)[C@]1([N+](=O)[O-])C[C@H]1c1ccc(C)cc1. The molecule has 5 nitrogen and oxygen atoms in total. The van der Waals surface area contributed by atoms with E-state index in [1.807, 2.05) is 31.2 Å². The second-order valence-corrected chi connectivity index (χ2v) is 4.57. The third-order valence-corrected chi connectivity index (χ3v) is 3.37. The van der Waals surface area contributed by atoms with Gasteiger partial charge in [0.05, 0.1) is 12.5 Å². The van der Waals surface area contributed by atoms with Gasteiger partial charge in [0.1, 0.15) is 0 Å². The molecule has 0 saturated heterocycles. The summed E-state index contributed by atoms with van der Waals surface area (Å²) in [6.07, 6.45) is 0.224. The molecule has 0 radical (unpaired) electrons. The lowest BCUT2D eigenvalue weighted by molar-refractivity contribution is -0.527. The van der Waals surface area contributed by atoms with E-state index in [9.17, 15) is 14.9 Å². The Labute approximate surface area is 105 Å². The fourth-order valence-corrected chi connectivity index (χ4v) is 2.20. The minimum Gasteiger partial charge on any atom is -0.461 e. The molecule has 0 heterocycles. The van der Waals surface area contributed by atoms with Gasteiger partial charge in [0.15, 0.2) is 0 Å². The zero-order valence-electron chi connectivity index (χ0n) is 10.4. The lowest BCUT2D eigenvalue weighted by Crippen LogP contribution is -2.35. The molecule has 0 aromatic heterocycles. The van der Waals surface area contributed by atoms with Crippen molar-refractivity contribution in [3.8, 4) is 0 Å². The summed E-state index contributed by atoms with van der Waals surface area (Å²) in [4.78, 5) is 22.4.